The summed E-state index contributed by atoms with van der Waals surface area (Å²) in [5, 5.41) is 9.82. The second kappa shape index (κ2) is 5.86. The van der Waals surface area contributed by atoms with Crippen LogP contribution < -0.4 is 0 Å². The molecular formula is C15H12ClNO3S. The van der Waals surface area contributed by atoms with Crippen LogP contribution in [0.15, 0.2) is 47.4 Å². The number of benzene rings is 2. The highest BCUT2D eigenvalue weighted by atomic mass is 35.5. The van der Waals surface area contributed by atoms with Crippen LogP contribution in [-0.2, 0) is 10.1 Å². The molecule has 0 spiro atoms. The fourth-order valence-corrected chi connectivity index (χ4v) is 3.10. The molecule has 21 heavy (non-hydrogen) atoms. The topological polar surface area (TPSA) is 78.2 Å². The van der Waals surface area contributed by atoms with Gasteiger partial charge < -0.3 is 0 Å². The van der Waals surface area contributed by atoms with Crippen molar-refractivity contribution in [2.75, 3.05) is 0 Å². The number of halogens is 1. The Balaban J connectivity index is 2.73. The maximum Gasteiger partial charge on any atom is 0.294 e. The van der Waals surface area contributed by atoms with Gasteiger partial charge in [0.25, 0.3) is 10.1 Å². The molecule has 1 unspecified atom stereocenters. The third-order valence-electron chi connectivity index (χ3n) is 3.10. The van der Waals surface area contributed by atoms with Crippen LogP contribution in [0.3, 0.4) is 0 Å². The van der Waals surface area contributed by atoms with E-state index in [2.05, 4.69) is 6.07 Å². The Labute approximate surface area is 128 Å². The largest absolute Gasteiger partial charge is 0.294 e. The van der Waals surface area contributed by atoms with Crippen molar-refractivity contribution >= 4 is 21.7 Å². The highest BCUT2D eigenvalue weighted by Gasteiger charge is 2.24. The van der Waals surface area contributed by atoms with Gasteiger partial charge in [0.2, 0.25) is 0 Å². The number of hydrogen-bond acceptors (Lipinski definition) is 3. The van der Waals surface area contributed by atoms with Gasteiger partial charge in [0.15, 0.2) is 0 Å². The Bertz CT molecular complexity index is 825. The van der Waals surface area contributed by atoms with Gasteiger partial charge >= 0.3 is 0 Å². The summed E-state index contributed by atoms with van der Waals surface area (Å²) < 4.78 is 32.4. The van der Waals surface area contributed by atoms with Crippen LogP contribution in [0.25, 0.3) is 0 Å². The Hall–Kier alpha value is -1.87. The molecule has 0 amide bonds. The van der Waals surface area contributed by atoms with E-state index >= 15 is 0 Å². The van der Waals surface area contributed by atoms with Crippen LogP contribution in [0, 0.1) is 18.3 Å². The van der Waals surface area contributed by atoms with Gasteiger partial charge in [-0.05, 0) is 30.2 Å². The normalized spacial score (nSPS) is 12.7. The van der Waals surface area contributed by atoms with Gasteiger partial charge in [-0.25, -0.2) is 0 Å². The molecule has 2 aromatic rings. The zero-order valence-electron chi connectivity index (χ0n) is 11.1. The first-order valence-corrected chi connectivity index (χ1v) is 7.88. The minimum Gasteiger partial charge on any atom is -0.282 e. The summed E-state index contributed by atoms with van der Waals surface area (Å²) in [5.74, 6) is -0.879. The van der Waals surface area contributed by atoms with Crippen LogP contribution in [0.1, 0.15) is 22.6 Å². The lowest BCUT2D eigenvalue weighted by molar-refractivity contribution is 0.482. The third-order valence-corrected chi connectivity index (χ3v) is 4.37. The second-order valence-electron chi connectivity index (χ2n) is 4.60. The van der Waals surface area contributed by atoms with Crippen molar-refractivity contribution in [3.8, 4) is 6.07 Å². The molecule has 2 aromatic carbocycles. The van der Waals surface area contributed by atoms with E-state index in [4.69, 9.17) is 11.6 Å². The van der Waals surface area contributed by atoms with Crippen molar-refractivity contribution < 1.29 is 13.0 Å². The molecule has 6 heteroatoms. The molecule has 0 aliphatic carbocycles. The summed E-state index contributed by atoms with van der Waals surface area (Å²) in [4.78, 5) is -0.278. The van der Waals surface area contributed by atoms with Gasteiger partial charge in [0, 0.05) is 5.02 Å². The molecule has 1 atom stereocenters. The quantitative estimate of drug-likeness (QED) is 0.877. The zero-order valence-corrected chi connectivity index (χ0v) is 12.7. The van der Waals surface area contributed by atoms with Crippen molar-refractivity contribution in [3.63, 3.8) is 0 Å². The van der Waals surface area contributed by atoms with E-state index < -0.39 is 16.0 Å². The highest BCUT2D eigenvalue weighted by Crippen LogP contribution is 2.33. The lowest BCUT2D eigenvalue weighted by atomic mass is 9.91. The van der Waals surface area contributed by atoms with E-state index in [1.54, 1.807) is 43.3 Å². The van der Waals surface area contributed by atoms with Crippen molar-refractivity contribution in [2.24, 2.45) is 0 Å². The molecule has 1 N–H and O–H groups in total. The molecule has 0 bridgehead atoms. The first-order valence-electron chi connectivity index (χ1n) is 6.06. The van der Waals surface area contributed by atoms with E-state index in [1.165, 1.54) is 6.07 Å². The van der Waals surface area contributed by atoms with Crippen LogP contribution in [0.5, 0.6) is 0 Å². The van der Waals surface area contributed by atoms with Gasteiger partial charge in [-0.2, -0.15) is 13.7 Å². The lowest BCUT2D eigenvalue weighted by Crippen LogP contribution is -2.08. The molecule has 0 saturated carbocycles. The summed E-state index contributed by atoms with van der Waals surface area (Å²) in [7, 11) is -4.42. The first kappa shape index (κ1) is 15.5. The Morgan fingerprint density at radius 3 is 2.43 bits per heavy atom. The second-order valence-corrected chi connectivity index (χ2v) is 6.40. The minimum absolute atomic E-state index is 0.216. The molecule has 4 nitrogen and oxygen atoms in total. The molecule has 0 aromatic heterocycles. The van der Waals surface area contributed by atoms with Crippen molar-refractivity contribution in [2.45, 2.75) is 17.7 Å². The van der Waals surface area contributed by atoms with E-state index in [-0.39, 0.29) is 10.5 Å². The monoisotopic (exact) mass is 321 g/mol. The van der Waals surface area contributed by atoms with Crippen LogP contribution in [-0.4, -0.2) is 13.0 Å². The Morgan fingerprint density at radius 2 is 1.86 bits per heavy atom. The summed E-state index contributed by atoms with van der Waals surface area (Å²) in [5.41, 5.74) is 1.50. The SMILES string of the molecule is Cc1ccc(S(=O)(=O)O)c(C(C#N)c2ccccc2Cl)c1. The zero-order chi connectivity index (χ0) is 15.6. The average molecular weight is 322 g/mol. The minimum atomic E-state index is -4.42. The van der Waals surface area contributed by atoms with Crippen molar-refractivity contribution in [1.82, 2.24) is 0 Å². The van der Waals surface area contributed by atoms with Crippen molar-refractivity contribution in [3.05, 3.63) is 64.2 Å². The van der Waals surface area contributed by atoms with E-state index in [9.17, 15) is 18.2 Å². The molecule has 0 aliphatic rings. The molecule has 108 valence electrons. The van der Waals surface area contributed by atoms with Crippen LogP contribution in [0.2, 0.25) is 5.02 Å². The molecule has 0 radical (unpaired) electrons. The van der Waals surface area contributed by atoms with Crippen LogP contribution >= 0.6 is 11.6 Å². The number of hydrogen-bond donors (Lipinski definition) is 1. The summed E-state index contributed by atoms with van der Waals surface area (Å²) >= 11 is 6.09. The first-order chi connectivity index (χ1) is 9.84. The predicted molar refractivity (Wildman–Crippen MR) is 79.9 cm³/mol. The lowest BCUT2D eigenvalue weighted by Gasteiger charge is -2.15. The van der Waals surface area contributed by atoms with Gasteiger partial charge in [0.1, 0.15) is 0 Å². The number of rotatable bonds is 3. The van der Waals surface area contributed by atoms with E-state index in [0.29, 0.717) is 10.6 Å². The maximum absolute atomic E-state index is 11.5. The number of nitriles is 1. The van der Waals surface area contributed by atoms with Gasteiger partial charge in [-0.3, -0.25) is 4.55 Å². The van der Waals surface area contributed by atoms with Gasteiger partial charge in [-0.15, -0.1) is 0 Å². The van der Waals surface area contributed by atoms with E-state index in [0.717, 1.165) is 5.56 Å². The van der Waals surface area contributed by atoms with Crippen LogP contribution in [0.4, 0.5) is 0 Å². The van der Waals surface area contributed by atoms with Crippen molar-refractivity contribution in [1.29, 1.82) is 5.26 Å². The standard InChI is InChI=1S/C15H12ClNO3S/c1-10-6-7-15(21(18,19)20)12(8-10)13(9-17)11-4-2-3-5-14(11)16/h2-8,13H,1H3,(H,18,19,20). The molecule has 0 heterocycles. The smallest absolute Gasteiger partial charge is 0.282 e. The fraction of sp³-hybridized carbons (Fsp3) is 0.133. The average Bonchev–Trinajstić information content (AvgIpc) is 2.40. The summed E-state index contributed by atoms with van der Waals surface area (Å²) in [6.07, 6.45) is 0. The van der Waals surface area contributed by atoms with Gasteiger partial charge in [-0.1, -0.05) is 47.5 Å². The number of nitrogens with zero attached hydrogens (tertiary/aromatic N) is 1. The van der Waals surface area contributed by atoms with Gasteiger partial charge in [0.05, 0.1) is 16.9 Å². The van der Waals surface area contributed by atoms with E-state index in [1.807, 2.05) is 0 Å². The summed E-state index contributed by atoms with van der Waals surface area (Å²) in [6.45, 7) is 1.78. The molecule has 2 rings (SSSR count). The molecule has 0 aliphatic heterocycles. The fourth-order valence-electron chi connectivity index (χ4n) is 2.14. The predicted octanol–water partition coefficient (Wildman–Crippen LogP) is 3.55. The Kier molecular flexibility index (Phi) is 4.33. The maximum atomic E-state index is 11.5. The third kappa shape index (κ3) is 3.24. The molecular weight excluding hydrogens is 310 g/mol. The molecule has 0 fully saturated rings. The Morgan fingerprint density at radius 1 is 1.19 bits per heavy atom. The molecule has 0 saturated heterocycles. The highest BCUT2D eigenvalue weighted by molar-refractivity contribution is 7.85. The summed E-state index contributed by atoms with van der Waals surface area (Å²) in [6, 6.07) is 13.2. The number of aryl methyl sites for hydroxylation is 1.